The molecular formula is C52H59N3O5. The third-order valence-corrected chi connectivity index (χ3v) is 8.48. The molecule has 0 aliphatic heterocycles. The van der Waals surface area contributed by atoms with Gasteiger partial charge in [0, 0.05) is 43.4 Å². The molecule has 60 heavy (non-hydrogen) atoms. The average Bonchev–Trinajstić information content (AvgIpc) is 3.23. The molecule has 0 unspecified atom stereocenters. The lowest BCUT2D eigenvalue weighted by Crippen LogP contribution is -2.46. The summed E-state index contributed by atoms with van der Waals surface area (Å²) < 4.78 is 17.4. The van der Waals surface area contributed by atoms with Gasteiger partial charge in [-0.1, -0.05) is 121 Å². The molecule has 0 radical (unpaired) electrons. The van der Waals surface area contributed by atoms with Crippen LogP contribution in [-0.2, 0) is 11.2 Å². The van der Waals surface area contributed by atoms with Crippen LogP contribution in [0, 0.1) is 0 Å². The van der Waals surface area contributed by atoms with Crippen LogP contribution in [0.2, 0.25) is 0 Å². The molecule has 0 heterocycles. The van der Waals surface area contributed by atoms with E-state index >= 15 is 0 Å². The zero-order chi connectivity index (χ0) is 43.5. The zero-order valence-electron chi connectivity index (χ0n) is 36.4. The monoisotopic (exact) mass is 805 g/mol. The molecule has 6 rings (SSSR count). The summed E-state index contributed by atoms with van der Waals surface area (Å²) in [7, 11) is 11.9. The first-order valence-corrected chi connectivity index (χ1v) is 19.9. The highest BCUT2D eigenvalue weighted by Gasteiger charge is 2.22. The first-order valence-electron chi connectivity index (χ1n) is 19.9. The Morgan fingerprint density at radius 3 is 1.35 bits per heavy atom. The zero-order valence-corrected chi connectivity index (χ0v) is 36.4. The van der Waals surface area contributed by atoms with Crippen LogP contribution in [0.25, 0.3) is 5.57 Å². The summed E-state index contributed by atoms with van der Waals surface area (Å²) >= 11 is 0. The minimum atomic E-state index is -0.0980. The highest BCUT2D eigenvalue weighted by Crippen LogP contribution is 2.26. The predicted octanol–water partition coefficient (Wildman–Crippen LogP) is 11.4. The van der Waals surface area contributed by atoms with E-state index in [1.165, 1.54) is 0 Å². The van der Waals surface area contributed by atoms with Crippen LogP contribution in [0.3, 0.4) is 0 Å². The Balaban J connectivity index is 0.000000212. The highest BCUT2D eigenvalue weighted by atomic mass is 16.5. The van der Waals surface area contributed by atoms with E-state index in [4.69, 9.17) is 14.2 Å². The standard InChI is InChI=1S/C23H21NO2.C20H16O2.C9H22N2O/c1-24(2)17-22(18-10-5-3-6-11-18)23(25)19-12-9-15-21(16-19)26-20-13-7-4-8-14-20;21-20(14-16-8-3-1-4-9-16)17-10-7-13-19(15-17)22-18-11-5-2-6-12-18;1-9(2,3)12-8(10(4)5)11(6)7/h3-17H,1-2H3;1-13,15H,14H2;8H,1-7H3/b22-17+;;. The maximum Gasteiger partial charge on any atom is 0.195 e. The van der Waals surface area contributed by atoms with Gasteiger partial charge >= 0.3 is 0 Å². The lowest BCUT2D eigenvalue weighted by Gasteiger charge is -2.35. The van der Waals surface area contributed by atoms with E-state index in [0.717, 1.165) is 22.6 Å². The number of benzene rings is 6. The minimum Gasteiger partial charge on any atom is -0.457 e. The quantitative estimate of drug-likeness (QED) is 0.0612. The Kier molecular flexibility index (Phi) is 18.0. The molecule has 0 spiro atoms. The number of Topliss-reactive ketones (excluding diaryl/α,β-unsaturated/α-hetero) is 2. The maximum absolute atomic E-state index is 13.1. The smallest absolute Gasteiger partial charge is 0.195 e. The van der Waals surface area contributed by atoms with Gasteiger partial charge < -0.3 is 19.1 Å². The summed E-state index contributed by atoms with van der Waals surface area (Å²) in [6.07, 6.45) is 2.29. The van der Waals surface area contributed by atoms with Gasteiger partial charge in [0.15, 0.2) is 17.9 Å². The summed E-state index contributed by atoms with van der Waals surface area (Å²) in [5, 5.41) is 0. The Bertz CT molecular complexity index is 2210. The summed E-state index contributed by atoms with van der Waals surface area (Å²) in [6, 6.07) is 53.1. The van der Waals surface area contributed by atoms with Crippen molar-refractivity contribution in [3.63, 3.8) is 0 Å². The fourth-order valence-electron chi connectivity index (χ4n) is 5.85. The van der Waals surface area contributed by atoms with E-state index in [1.807, 2.05) is 221 Å². The summed E-state index contributed by atoms with van der Waals surface area (Å²) in [4.78, 5) is 31.5. The van der Waals surface area contributed by atoms with Crippen LogP contribution in [0.1, 0.15) is 52.6 Å². The third kappa shape index (κ3) is 16.1. The average molecular weight is 806 g/mol. The van der Waals surface area contributed by atoms with Crippen LogP contribution < -0.4 is 9.47 Å². The number of allylic oxidation sites excluding steroid dienone is 1. The number of ether oxygens (including phenoxy) is 3. The molecule has 8 nitrogen and oxygen atoms in total. The van der Waals surface area contributed by atoms with E-state index in [9.17, 15) is 9.59 Å². The molecule has 0 aliphatic carbocycles. The topological polar surface area (TPSA) is 71.6 Å². The number of carbonyl (C=O) groups excluding carboxylic acids is 2. The number of hydrogen-bond donors (Lipinski definition) is 0. The van der Waals surface area contributed by atoms with Gasteiger partial charge in [-0.2, -0.15) is 0 Å². The van der Waals surface area contributed by atoms with Crippen molar-refractivity contribution in [2.24, 2.45) is 0 Å². The largest absolute Gasteiger partial charge is 0.457 e. The Hall–Kier alpha value is -6.32. The van der Waals surface area contributed by atoms with E-state index in [-0.39, 0.29) is 23.5 Å². The second kappa shape index (κ2) is 23.3. The number of nitrogens with zero attached hydrogens (tertiary/aromatic N) is 3. The second-order valence-electron chi connectivity index (χ2n) is 15.7. The van der Waals surface area contributed by atoms with E-state index < -0.39 is 0 Å². The van der Waals surface area contributed by atoms with Gasteiger partial charge in [0.1, 0.15) is 23.0 Å². The van der Waals surface area contributed by atoms with E-state index in [0.29, 0.717) is 34.6 Å². The van der Waals surface area contributed by atoms with Crippen LogP contribution in [-0.4, -0.2) is 80.5 Å². The molecule has 312 valence electrons. The molecule has 0 bridgehead atoms. The summed E-state index contributed by atoms with van der Waals surface area (Å²) in [6.45, 7) is 6.19. The first-order chi connectivity index (χ1) is 28.7. The molecule has 0 aromatic heterocycles. The highest BCUT2D eigenvalue weighted by molar-refractivity contribution is 6.28. The van der Waals surface area contributed by atoms with Crippen LogP contribution >= 0.6 is 0 Å². The van der Waals surface area contributed by atoms with Crippen molar-refractivity contribution in [1.29, 1.82) is 0 Å². The van der Waals surface area contributed by atoms with Crippen molar-refractivity contribution in [1.82, 2.24) is 14.7 Å². The van der Waals surface area contributed by atoms with E-state index in [1.54, 1.807) is 12.1 Å². The second-order valence-corrected chi connectivity index (χ2v) is 15.7. The molecule has 0 saturated carbocycles. The van der Waals surface area contributed by atoms with Gasteiger partial charge in [-0.15, -0.1) is 0 Å². The van der Waals surface area contributed by atoms with Crippen LogP contribution in [0.4, 0.5) is 0 Å². The minimum absolute atomic E-state index is 0.0385. The predicted molar refractivity (Wildman–Crippen MR) is 245 cm³/mol. The van der Waals surface area contributed by atoms with Crippen molar-refractivity contribution in [3.8, 4) is 23.0 Å². The molecule has 6 aromatic carbocycles. The van der Waals surface area contributed by atoms with Gasteiger partial charge in [0.05, 0.1) is 5.60 Å². The number of carbonyl (C=O) groups is 2. The molecule has 0 amide bonds. The van der Waals surface area contributed by atoms with Crippen molar-refractivity contribution in [2.75, 3.05) is 42.3 Å². The van der Waals surface area contributed by atoms with Crippen molar-refractivity contribution in [2.45, 2.75) is 39.1 Å². The number of hydrogen-bond acceptors (Lipinski definition) is 8. The normalized spacial score (nSPS) is 11.2. The maximum atomic E-state index is 13.1. The van der Waals surface area contributed by atoms with Crippen molar-refractivity contribution < 1.29 is 23.8 Å². The Morgan fingerprint density at radius 1 is 0.517 bits per heavy atom. The molecule has 0 atom stereocenters. The molecular weight excluding hydrogens is 747 g/mol. The van der Waals surface area contributed by atoms with Crippen LogP contribution in [0.5, 0.6) is 23.0 Å². The first kappa shape index (κ1) is 46.4. The molecule has 0 N–H and O–H groups in total. The fourth-order valence-corrected chi connectivity index (χ4v) is 5.85. The number of rotatable bonds is 14. The molecule has 0 fully saturated rings. The Morgan fingerprint density at radius 2 is 0.917 bits per heavy atom. The van der Waals surface area contributed by atoms with Gasteiger partial charge in [0.2, 0.25) is 0 Å². The fraction of sp³-hybridized carbons (Fsp3) is 0.231. The molecule has 0 aliphatic rings. The van der Waals surface area contributed by atoms with Gasteiger partial charge in [0.25, 0.3) is 0 Å². The Labute approximate surface area is 357 Å². The van der Waals surface area contributed by atoms with E-state index in [2.05, 4.69) is 20.8 Å². The SMILES string of the molecule is CN(C)/C=C(/C(=O)c1cccc(Oc2ccccc2)c1)c1ccccc1.CN(C)C(OC(C)(C)C)N(C)C.O=C(Cc1ccccc1)c1cccc(Oc2ccccc2)c1. The van der Waals surface area contributed by atoms with Crippen LogP contribution in [0.15, 0.2) is 176 Å². The lowest BCUT2D eigenvalue weighted by atomic mass is 9.97. The van der Waals surface area contributed by atoms with Crippen molar-refractivity contribution >= 4 is 17.1 Å². The number of para-hydroxylation sites is 2. The van der Waals surface area contributed by atoms with Crippen molar-refractivity contribution in [3.05, 3.63) is 198 Å². The molecule has 8 heteroatoms. The summed E-state index contributed by atoms with van der Waals surface area (Å²) in [5.74, 6) is 2.86. The summed E-state index contributed by atoms with van der Waals surface area (Å²) in [5.41, 5.74) is 3.71. The van der Waals surface area contributed by atoms with Gasteiger partial charge in [-0.3, -0.25) is 19.4 Å². The third-order valence-electron chi connectivity index (χ3n) is 8.48. The number of ketones is 2. The van der Waals surface area contributed by atoms with Gasteiger partial charge in [-0.25, -0.2) is 0 Å². The van der Waals surface area contributed by atoms with Gasteiger partial charge in [-0.05, 0) is 109 Å². The molecule has 0 saturated heterocycles. The lowest BCUT2D eigenvalue weighted by molar-refractivity contribution is -0.178. The molecule has 6 aromatic rings.